The van der Waals surface area contributed by atoms with Gasteiger partial charge in [0, 0.05) is 32.5 Å². The van der Waals surface area contributed by atoms with Crippen molar-refractivity contribution in [3.05, 3.63) is 16.0 Å². The van der Waals surface area contributed by atoms with E-state index in [0.29, 0.717) is 44.3 Å². The average molecular weight is 807 g/mol. The number of unbranched alkanes of at least 4 members (excludes halogenated alkanes) is 2. The summed E-state index contributed by atoms with van der Waals surface area (Å²) in [7, 11) is -4.32. The summed E-state index contributed by atoms with van der Waals surface area (Å²) in [6.45, 7) is 4.60. The first-order valence-electron chi connectivity index (χ1n) is 18.4. The van der Waals surface area contributed by atoms with Crippen molar-refractivity contribution in [3.8, 4) is 0 Å². The number of hydrogen-bond acceptors (Lipinski definition) is 17. The number of nitrogens with zero attached hydrogens (tertiary/aromatic N) is 2. The Morgan fingerprint density at radius 3 is 2.60 bits per heavy atom. The highest BCUT2D eigenvalue weighted by molar-refractivity contribution is 7.47. The van der Waals surface area contributed by atoms with Gasteiger partial charge in [-0.15, -0.1) is 0 Å². The van der Waals surface area contributed by atoms with E-state index in [1.54, 1.807) is 13.8 Å². The van der Waals surface area contributed by atoms with Crippen molar-refractivity contribution in [2.45, 2.75) is 120 Å². The van der Waals surface area contributed by atoms with Crippen molar-refractivity contribution >= 4 is 37.5 Å². The van der Waals surface area contributed by atoms with Gasteiger partial charge in [-0.05, 0) is 26.7 Å². The summed E-state index contributed by atoms with van der Waals surface area (Å²) in [6, 6.07) is -0.810. The number of hydrogen-bond donors (Lipinski definition) is 8. The van der Waals surface area contributed by atoms with E-state index in [2.05, 4.69) is 25.6 Å². The van der Waals surface area contributed by atoms with Crippen LogP contribution in [0.15, 0.2) is 9.79 Å². The third-order valence-corrected chi connectivity index (χ3v) is 10.2. The molecular weight excluding hydrogens is 751 g/mol. The van der Waals surface area contributed by atoms with Crippen LogP contribution in [0, 0.1) is 0 Å². The molecule has 0 aromatic carbocycles. The van der Waals surface area contributed by atoms with Gasteiger partial charge in [-0.2, -0.15) is 0 Å². The number of phosphoric ester groups is 1. The average Bonchev–Trinajstić information content (AvgIpc) is 3.72. The molecule has 21 nitrogen and oxygen atoms in total. The smallest absolute Gasteiger partial charge is 0.394 e. The van der Waals surface area contributed by atoms with Crippen LogP contribution in [-0.4, -0.2) is 149 Å². The molecule has 3 aliphatic heterocycles. The van der Waals surface area contributed by atoms with Gasteiger partial charge in [0.15, 0.2) is 5.69 Å². The van der Waals surface area contributed by atoms with E-state index in [9.17, 15) is 39.2 Å². The van der Waals surface area contributed by atoms with Gasteiger partial charge in [0.25, 0.3) is 5.56 Å². The number of fused-ring (bicyclic) bond motifs is 1. The van der Waals surface area contributed by atoms with Crippen molar-refractivity contribution in [2.24, 2.45) is 4.99 Å². The molecule has 4 rings (SSSR count). The van der Waals surface area contributed by atoms with E-state index in [4.69, 9.17) is 38.5 Å². The minimum absolute atomic E-state index is 0.0786. The molecule has 55 heavy (non-hydrogen) atoms. The fourth-order valence-corrected chi connectivity index (χ4v) is 7.52. The number of carbonyl (C=O) groups is 2. The number of nitrogen functional groups attached to an aromatic ring is 1. The zero-order valence-electron chi connectivity index (χ0n) is 31.2. The third kappa shape index (κ3) is 13.6. The summed E-state index contributed by atoms with van der Waals surface area (Å²) in [6.07, 6.45) is -2.17. The zero-order chi connectivity index (χ0) is 40.1. The Morgan fingerprint density at radius 1 is 1.11 bits per heavy atom. The van der Waals surface area contributed by atoms with Gasteiger partial charge in [0.1, 0.15) is 25.1 Å². The Hall–Kier alpha value is -2.92. The van der Waals surface area contributed by atoms with Gasteiger partial charge in [0.05, 0.1) is 81.2 Å². The highest BCUT2D eigenvalue weighted by Gasteiger charge is 2.46. The SMILES string of the molecule is CC(=O)N[C@H]1C(CCCCCC(=O)NCCOCCOCO[C@@H]2C[C@@H](COP(=O)(O)OC(C)C)O[C@H]2C2C=Nc3c2nc(N)[nH]c3=O)O[C@H](CO)[C@H](O)[C@@H]1O. The number of amides is 2. The van der Waals surface area contributed by atoms with Crippen molar-refractivity contribution in [1.82, 2.24) is 20.6 Å². The highest BCUT2D eigenvalue weighted by atomic mass is 31.2. The number of aliphatic imine (C=N–C) groups is 1. The van der Waals surface area contributed by atoms with Crippen molar-refractivity contribution in [3.63, 3.8) is 0 Å². The van der Waals surface area contributed by atoms with Crippen LogP contribution in [0.2, 0.25) is 0 Å². The molecule has 2 amide bonds. The van der Waals surface area contributed by atoms with E-state index in [1.165, 1.54) is 13.1 Å². The van der Waals surface area contributed by atoms with E-state index in [0.717, 1.165) is 0 Å². The minimum Gasteiger partial charge on any atom is -0.394 e. The van der Waals surface area contributed by atoms with Gasteiger partial charge >= 0.3 is 7.82 Å². The number of aromatic nitrogens is 2. The maximum absolute atomic E-state index is 12.3. The lowest BCUT2D eigenvalue weighted by atomic mass is 9.90. The summed E-state index contributed by atoms with van der Waals surface area (Å²) in [5.74, 6) is -1.18. The second-order valence-electron chi connectivity index (χ2n) is 13.8. The van der Waals surface area contributed by atoms with Crippen molar-refractivity contribution in [1.29, 1.82) is 0 Å². The first-order valence-corrected chi connectivity index (χ1v) is 19.9. The highest BCUT2D eigenvalue weighted by Crippen LogP contribution is 2.46. The third-order valence-electron chi connectivity index (χ3n) is 9.05. The van der Waals surface area contributed by atoms with Gasteiger partial charge < -0.3 is 60.3 Å². The van der Waals surface area contributed by atoms with E-state index < -0.39 is 80.8 Å². The van der Waals surface area contributed by atoms with Crippen LogP contribution in [0.25, 0.3) is 0 Å². The van der Waals surface area contributed by atoms with Crippen LogP contribution in [0.4, 0.5) is 11.6 Å². The fraction of sp³-hybridized carbons (Fsp3) is 0.788. The second-order valence-corrected chi connectivity index (χ2v) is 15.2. The quantitative estimate of drug-likeness (QED) is 0.0384. The second kappa shape index (κ2) is 21.6. The zero-order valence-corrected chi connectivity index (χ0v) is 32.1. The van der Waals surface area contributed by atoms with Crippen LogP contribution in [0.5, 0.6) is 0 Å². The number of phosphoric acid groups is 1. The molecule has 1 aromatic rings. The molecule has 312 valence electrons. The molecule has 2 fully saturated rings. The number of carbonyl (C=O) groups excluding carboxylic acids is 2. The number of anilines is 1. The maximum Gasteiger partial charge on any atom is 0.472 e. The van der Waals surface area contributed by atoms with Crippen LogP contribution in [0.3, 0.4) is 0 Å². The Morgan fingerprint density at radius 2 is 1.87 bits per heavy atom. The Labute approximate surface area is 318 Å². The number of ether oxygens (including phenoxy) is 5. The van der Waals surface area contributed by atoms with E-state index in [-0.39, 0.29) is 63.1 Å². The molecule has 0 saturated carbocycles. The van der Waals surface area contributed by atoms with Crippen molar-refractivity contribution < 1.29 is 67.1 Å². The van der Waals surface area contributed by atoms with Gasteiger partial charge in [0.2, 0.25) is 17.8 Å². The van der Waals surface area contributed by atoms with Gasteiger partial charge in [-0.25, -0.2) is 9.55 Å². The van der Waals surface area contributed by atoms with Crippen LogP contribution in [-0.2, 0) is 46.9 Å². The van der Waals surface area contributed by atoms with E-state index in [1.807, 2.05) is 0 Å². The molecule has 2 saturated heterocycles. The molecular formula is C33H55N6O15P. The van der Waals surface area contributed by atoms with Crippen molar-refractivity contribution in [2.75, 3.05) is 52.1 Å². The van der Waals surface area contributed by atoms with E-state index >= 15 is 0 Å². The summed E-state index contributed by atoms with van der Waals surface area (Å²) in [5.41, 5.74) is 5.71. The van der Waals surface area contributed by atoms with Crippen LogP contribution >= 0.6 is 7.82 Å². The predicted molar refractivity (Wildman–Crippen MR) is 193 cm³/mol. The molecule has 0 spiro atoms. The molecule has 0 bridgehead atoms. The lowest BCUT2D eigenvalue weighted by molar-refractivity contribution is -0.196. The number of H-pyrrole nitrogens is 1. The Kier molecular flexibility index (Phi) is 17.6. The monoisotopic (exact) mass is 806 g/mol. The number of nitrogens with one attached hydrogen (secondary N) is 3. The summed E-state index contributed by atoms with van der Waals surface area (Å²) in [4.78, 5) is 57.0. The minimum atomic E-state index is -4.32. The molecule has 9 N–H and O–H groups in total. The number of aliphatic hydroxyl groups excluding tert-OH is 3. The first kappa shape index (κ1) is 44.8. The van der Waals surface area contributed by atoms with Crippen LogP contribution in [0.1, 0.15) is 70.9 Å². The fourth-order valence-electron chi connectivity index (χ4n) is 6.57. The lowest BCUT2D eigenvalue weighted by Crippen LogP contribution is -2.63. The molecule has 3 aliphatic rings. The largest absolute Gasteiger partial charge is 0.472 e. The molecule has 22 heteroatoms. The van der Waals surface area contributed by atoms with Gasteiger partial charge in [-0.3, -0.25) is 33.4 Å². The number of aromatic amines is 1. The number of aliphatic hydroxyl groups is 3. The number of nitrogens with two attached hydrogens (primary N) is 1. The topological polar surface area (TPSA) is 305 Å². The molecule has 3 unspecified atom stereocenters. The van der Waals surface area contributed by atoms with Gasteiger partial charge in [-0.1, -0.05) is 12.8 Å². The number of rotatable bonds is 23. The summed E-state index contributed by atoms with van der Waals surface area (Å²) < 4.78 is 51.3. The lowest BCUT2D eigenvalue weighted by Gasteiger charge is -2.42. The standard InChI is InChI=1S/C33H55N6O15P/c1-18(2)54-55(46,47)51-16-20-13-23(31(52-20)21-14-36-28-26(21)38-33(34)39-32(28)45)50-17-49-12-11-48-10-9-35-25(42)8-6-4-5-7-22-27(37-19(3)41)30(44)29(43)24(15-40)53-22/h14,18,20-24,27,29-31,40,43-44H,4-13,15-17H2,1-3H3,(H,35,42)(H,37,41)(H,46,47)(H3,34,38,39,45)/t20-,21?,22?,23+,24+,27-,29-,30+,31-/m0/s1. The molecule has 0 radical (unpaired) electrons. The Bertz CT molecular complexity index is 1530. The maximum atomic E-state index is 12.3. The normalized spacial score (nSPS) is 28.6. The first-order chi connectivity index (χ1) is 26.2. The molecule has 0 aliphatic carbocycles. The summed E-state index contributed by atoms with van der Waals surface area (Å²) >= 11 is 0. The molecule has 10 atom stereocenters. The molecule has 1 aromatic heterocycles. The van der Waals surface area contributed by atoms with Crippen LogP contribution < -0.4 is 21.9 Å². The summed E-state index contributed by atoms with van der Waals surface area (Å²) in [5, 5.41) is 35.4. The predicted octanol–water partition coefficient (Wildman–Crippen LogP) is -0.720. The molecule has 4 heterocycles. The Balaban J connectivity index is 1.10.